The molecule has 0 radical (unpaired) electrons. The number of nitrogens with two attached hydrogens (primary N) is 1. The predicted molar refractivity (Wildman–Crippen MR) is 132 cm³/mol. The maximum absolute atomic E-state index is 12.3. The van der Waals surface area contributed by atoms with E-state index in [2.05, 4.69) is 18.1 Å². The van der Waals surface area contributed by atoms with Crippen LogP contribution in [0.4, 0.5) is 0 Å². The molecule has 0 spiro atoms. The van der Waals surface area contributed by atoms with Crippen LogP contribution in [-0.2, 0) is 36.3 Å². The summed E-state index contributed by atoms with van der Waals surface area (Å²) in [6.45, 7) is 4.95. The van der Waals surface area contributed by atoms with Crippen molar-refractivity contribution in [2.45, 2.75) is 50.4 Å². The van der Waals surface area contributed by atoms with Crippen molar-refractivity contribution in [3.63, 3.8) is 0 Å². The first-order chi connectivity index (χ1) is 16.8. The Balaban J connectivity index is 2.14. The van der Waals surface area contributed by atoms with Crippen molar-refractivity contribution in [1.82, 2.24) is 9.55 Å². The van der Waals surface area contributed by atoms with E-state index in [9.17, 15) is 33.1 Å². The van der Waals surface area contributed by atoms with Gasteiger partial charge in [0.25, 0.3) is 5.56 Å². The van der Waals surface area contributed by atoms with E-state index in [1.165, 1.54) is 34.7 Å². The second-order valence-electron chi connectivity index (χ2n) is 8.22. The van der Waals surface area contributed by atoms with E-state index in [0.29, 0.717) is 6.54 Å². The van der Waals surface area contributed by atoms with Gasteiger partial charge in [-0.3, -0.25) is 18.9 Å². The maximum atomic E-state index is 12.3. The number of nitrogens with zero attached hydrogens (tertiary/aromatic N) is 1. The van der Waals surface area contributed by atoms with E-state index in [4.69, 9.17) is 25.0 Å². The van der Waals surface area contributed by atoms with E-state index in [-0.39, 0.29) is 22.7 Å². The Morgan fingerprint density at radius 3 is 2.43 bits per heavy atom. The van der Waals surface area contributed by atoms with Crippen molar-refractivity contribution in [1.29, 1.82) is 0 Å². The molecule has 2 heterocycles. The minimum absolute atomic E-state index is 0.0430. The van der Waals surface area contributed by atoms with Gasteiger partial charge in [0.05, 0.1) is 12.7 Å². The number of hydrogen-bond acceptors (Lipinski definition) is 13. The first-order valence-electron chi connectivity index (χ1n) is 10.2. The average Bonchev–Trinajstić information content (AvgIpc) is 3.12. The maximum Gasteiger partial charge on any atom is 0.490 e. The minimum atomic E-state index is -5.70. The van der Waals surface area contributed by atoms with Crippen LogP contribution in [0.3, 0.4) is 0 Å². The largest absolute Gasteiger partial charge is 0.490 e. The molecule has 0 bridgehead atoms. The summed E-state index contributed by atoms with van der Waals surface area (Å²) >= 11 is 0. The first-order valence-corrected chi connectivity index (χ1v) is 17.1. The molecule has 5 atom stereocenters. The number of nitrogens with one attached hydrogen (secondary N) is 1. The Hall–Kier alpha value is -0.330. The molecule has 1 fully saturated rings. The van der Waals surface area contributed by atoms with Crippen LogP contribution < -0.4 is 17.0 Å². The molecule has 22 heteroatoms. The number of hydrogen-bond donors (Lipinski definition) is 6. The van der Waals surface area contributed by atoms with Gasteiger partial charge in [-0.15, -0.1) is 0 Å². The molecule has 214 valence electrons. The Labute approximate surface area is 218 Å². The highest BCUT2D eigenvalue weighted by molar-refractivity contribution is 8.77. The van der Waals surface area contributed by atoms with Crippen LogP contribution in [0.2, 0.25) is 0 Å². The molecule has 7 N–H and O–H groups in total. The lowest BCUT2D eigenvalue weighted by molar-refractivity contribution is -0.0543. The molecule has 37 heavy (non-hydrogen) atoms. The monoisotopic (exact) mass is 631 g/mol. The smallest absolute Gasteiger partial charge is 0.364 e. The number of phosphoric acid groups is 3. The van der Waals surface area contributed by atoms with Crippen LogP contribution >= 0.6 is 45.1 Å². The number of rotatable bonds is 14. The number of phosphoric ester groups is 1. The number of aromatic amines is 1. The third-order valence-corrected chi connectivity index (χ3v) is 11.3. The second-order valence-corrected chi connectivity index (χ2v) is 15.6. The molecule has 3 unspecified atom stereocenters. The SMILES string of the molecule is Cc1cn([C@H]2CC(OCSSC(C)(C)CN)[C@@H](COP(=O)(O)OP(=O)(O)OP(=O)(O)O)O2)c(=O)[nH]c1=O. The van der Waals surface area contributed by atoms with Gasteiger partial charge >= 0.3 is 29.2 Å². The van der Waals surface area contributed by atoms with Gasteiger partial charge in [-0.25, -0.2) is 18.5 Å². The Bertz CT molecular complexity index is 1200. The van der Waals surface area contributed by atoms with Crippen LogP contribution in [0, 0.1) is 6.92 Å². The fraction of sp³-hybridized carbons (Fsp3) is 0.733. The molecule has 1 aromatic rings. The second kappa shape index (κ2) is 12.9. The van der Waals surface area contributed by atoms with Crippen LogP contribution in [0.1, 0.15) is 32.1 Å². The normalized spacial score (nSPS) is 24.1. The van der Waals surface area contributed by atoms with E-state index in [1.807, 2.05) is 13.8 Å². The van der Waals surface area contributed by atoms with Gasteiger partial charge in [-0.1, -0.05) is 21.6 Å². The molecular formula is C15H28N3O14P3S2. The summed E-state index contributed by atoms with van der Waals surface area (Å²) in [5.74, 6) is 0.111. The summed E-state index contributed by atoms with van der Waals surface area (Å²) in [5.41, 5.74) is 4.54. The van der Waals surface area contributed by atoms with E-state index in [1.54, 1.807) is 0 Å². The zero-order chi connectivity index (χ0) is 28.2. The number of ether oxygens (including phenoxy) is 2. The molecule has 0 amide bonds. The summed E-state index contributed by atoms with van der Waals surface area (Å²) in [7, 11) is -13.9. The molecular weight excluding hydrogens is 603 g/mol. The molecule has 1 aliphatic heterocycles. The molecule has 1 aliphatic rings. The summed E-state index contributed by atoms with van der Waals surface area (Å²) < 4.78 is 58.8. The zero-order valence-corrected chi connectivity index (χ0v) is 24.0. The highest BCUT2D eigenvalue weighted by Gasteiger charge is 2.43. The van der Waals surface area contributed by atoms with Crippen LogP contribution in [-0.4, -0.2) is 65.2 Å². The van der Waals surface area contributed by atoms with E-state index >= 15 is 0 Å². The quantitative estimate of drug-likeness (QED) is 0.0722. The van der Waals surface area contributed by atoms with Gasteiger partial charge in [-0.05, 0) is 20.8 Å². The molecule has 1 saturated heterocycles. The van der Waals surface area contributed by atoms with Gasteiger partial charge in [0.15, 0.2) is 0 Å². The van der Waals surface area contributed by atoms with Gasteiger partial charge in [0, 0.05) is 29.5 Å². The average molecular weight is 631 g/mol. The standard InChI is InChI=1S/C15H28N3O14P3S2/c1-9-5-18(14(20)17-13(9)19)12-4-10(28-8-36-37-15(2,3)7-16)11(30-12)6-29-34(24,25)32-35(26,27)31-33(21,22)23/h5,10-12H,4,6-8,16H2,1-3H3,(H,24,25)(H,26,27)(H,17,19,20)(H2,21,22,23)/t10?,11-,12-/m1/s1. The third-order valence-electron chi connectivity index (χ3n) is 4.56. The predicted octanol–water partition coefficient (Wildman–Crippen LogP) is 0.937. The third kappa shape index (κ3) is 11.0. The van der Waals surface area contributed by atoms with Crippen LogP contribution in [0.25, 0.3) is 0 Å². The Morgan fingerprint density at radius 1 is 1.19 bits per heavy atom. The fourth-order valence-electron chi connectivity index (χ4n) is 2.80. The fourth-order valence-corrected chi connectivity index (χ4v) is 7.97. The van der Waals surface area contributed by atoms with Crippen molar-refractivity contribution < 1.29 is 55.9 Å². The lowest BCUT2D eigenvalue weighted by Gasteiger charge is -2.23. The highest BCUT2D eigenvalue weighted by atomic mass is 33.1. The van der Waals surface area contributed by atoms with Gasteiger partial charge in [0.1, 0.15) is 18.3 Å². The lowest BCUT2D eigenvalue weighted by Crippen LogP contribution is -2.33. The Kier molecular flexibility index (Phi) is 11.5. The van der Waals surface area contributed by atoms with Crippen molar-refractivity contribution in [3.05, 3.63) is 32.6 Å². The summed E-state index contributed by atoms with van der Waals surface area (Å²) in [6, 6.07) is 0. The van der Waals surface area contributed by atoms with E-state index in [0.717, 1.165) is 4.57 Å². The zero-order valence-electron chi connectivity index (χ0n) is 19.7. The van der Waals surface area contributed by atoms with Crippen LogP contribution in [0.15, 0.2) is 15.8 Å². The first kappa shape index (κ1) is 32.9. The summed E-state index contributed by atoms with van der Waals surface area (Å²) in [5, 5.41) is 0. The minimum Gasteiger partial charge on any atom is -0.364 e. The molecule has 0 aromatic carbocycles. The number of aromatic nitrogens is 2. The van der Waals surface area contributed by atoms with Gasteiger partial charge in [0.2, 0.25) is 0 Å². The Morgan fingerprint density at radius 2 is 1.84 bits per heavy atom. The number of aryl methyl sites for hydroxylation is 1. The molecule has 2 rings (SSSR count). The molecule has 0 saturated carbocycles. The van der Waals surface area contributed by atoms with Crippen molar-refractivity contribution >= 4 is 45.1 Å². The van der Waals surface area contributed by atoms with Crippen molar-refractivity contribution in [2.75, 3.05) is 19.1 Å². The topological polar surface area (TPSA) is 259 Å². The molecule has 1 aromatic heterocycles. The number of H-pyrrole nitrogens is 1. The molecule has 0 aliphatic carbocycles. The van der Waals surface area contributed by atoms with Crippen molar-refractivity contribution in [2.24, 2.45) is 5.73 Å². The van der Waals surface area contributed by atoms with Gasteiger partial charge in [-0.2, -0.15) is 8.62 Å². The highest BCUT2D eigenvalue weighted by Crippen LogP contribution is 2.66. The molecule has 17 nitrogen and oxygen atoms in total. The van der Waals surface area contributed by atoms with Gasteiger partial charge < -0.3 is 34.8 Å². The lowest BCUT2D eigenvalue weighted by atomic mass is 10.2. The van der Waals surface area contributed by atoms with E-state index < -0.39 is 59.8 Å². The van der Waals surface area contributed by atoms with Crippen molar-refractivity contribution in [3.8, 4) is 0 Å². The van der Waals surface area contributed by atoms with Crippen LogP contribution in [0.5, 0.6) is 0 Å². The summed E-state index contributed by atoms with van der Waals surface area (Å²) in [4.78, 5) is 62.4. The summed E-state index contributed by atoms with van der Waals surface area (Å²) in [6.07, 6.45) is -1.63.